The highest BCUT2D eigenvalue weighted by atomic mass is 28.2. The second-order valence-corrected chi connectivity index (χ2v) is 5.68. The molecule has 0 aliphatic heterocycles. The SMILES string of the molecule is CCOC(C)(C#C[Si]c1cccc(C)c1C)CC. The number of aryl methyl sites for hydroxylation is 1. The van der Waals surface area contributed by atoms with Gasteiger partial charge in [0.1, 0.15) is 5.60 Å². The molecule has 0 spiro atoms. The van der Waals surface area contributed by atoms with Crippen LogP contribution in [0.2, 0.25) is 0 Å². The zero-order chi connectivity index (χ0) is 13.6. The molecule has 0 bridgehead atoms. The number of hydrogen-bond acceptors (Lipinski definition) is 1. The van der Waals surface area contributed by atoms with E-state index in [4.69, 9.17) is 4.74 Å². The first kappa shape index (κ1) is 15.0. The van der Waals surface area contributed by atoms with Crippen LogP contribution in [-0.2, 0) is 4.74 Å². The van der Waals surface area contributed by atoms with Gasteiger partial charge < -0.3 is 4.74 Å². The average molecular weight is 258 g/mol. The first-order valence-electron chi connectivity index (χ1n) is 6.50. The van der Waals surface area contributed by atoms with Crippen LogP contribution in [0.5, 0.6) is 0 Å². The van der Waals surface area contributed by atoms with E-state index in [0.717, 1.165) is 6.42 Å². The predicted molar refractivity (Wildman–Crippen MR) is 79.4 cm³/mol. The third-order valence-corrected chi connectivity index (χ3v) is 4.33. The van der Waals surface area contributed by atoms with E-state index >= 15 is 0 Å². The molecule has 0 saturated carbocycles. The molecule has 0 aromatic heterocycles. The van der Waals surface area contributed by atoms with Crippen LogP contribution in [-0.4, -0.2) is 21.7 Å². The molecule has 1 atom stereocenters. The summed E-state index contributed by atoms with van der Waals surface area (Å²) in [5.41, 5.74) is 5.71. The predicted octanol–water partition coefficient (Wildman–Crippen LogP) is 2.80. The largest absolute Gasteiger partial charge is 0.363 e. The zero-order valence-electron chi connectivity index (χ0n) is 12.1. The van der Waals surface area contributed by atoms with Gasteiger partial charge in [0.25, 0.3) is 0 Å². The van der Waals surface area contributed by atoms with Crippen LogP contribution in [0.1, 0.15) is 38.3 Å². The van der Waals surface area contributed by atoms with Crippen molar-refractivity contribution in [2.45, 2.75) is 46.6 Å². The molecule has 18 heavy (non-hydrogen) atoms. The van der Waals surface area contributed by atoms with Gasteiger partial charge in [-0.05, 0) is 50.4 Å². The van der Waals surface area contributed by atoms with E-state index in [2.05, 4.69) is 57.4 Å². The van der Waals surface area contributed by atoms with Crippen molar-refractivity contribution in [3.05, 3.63) is 29.3 Å². The van der Waals surface area contributed by atoms with E-state index in [-0.39, 0.29) is 5.60 Å². The molecule has 2 radical (unpaired) electrons. The summed E-state index contributed by atoms with van der Waals surface area (Å²) in [6.45, 7) is 11.2. The molecule has 1 nitrogen and oxygen atoms in total. The molecule has 1 aromatic rings. The van der Waals surface area contributed by atoms with E-state index < -0.39 is 0 Å². The van der Waals surface area contributed by atoms with Gasteiger partial charge in [-0.15, -0.1) is 5.54 Å². The summed E-state index contributed by atoms with van der Waals surface area (Å²) in [6.07, 6.45) is 0.922. The van der Waals surface area contributed by atoms with Crippen LogP contribution in [0.25, 0.3) is 0 Å². The standard InChI is InChI=1S/C16H22OSi/c1-6-16(5,17-7-2)11-12-18-15-10-8-9-13(3)14(15)4/h8-10H,6-7H2,1-5H3. The molecule has 0 heterocycles. The maximum Gasteiger partial charge on any atom is 0.186 e. The van der Waals surface area contributed by atoms with Crippen molar-refractivity contribution in [1.29, 1.82) is 0 Å². The lowest BCUT2D eigenvalue weighted by Crippen LogP contribution is -2.26. The van der Waals surface area contributed by atoms with Crippen molar-refractivity contribution in [2.24, 2.45) is 0 Å². The zero-order valence-corrected chi connectivity index (χ0v) is 13.1. The Labute approximate surface area is 114 Å². The topological polar surface area (TPSA) is 9.23 Å². The summed E-state index contributed by atoms with van der Waals surface area (Å²) in [5.74, 6) is 3.28. The van der Waals surface area contributed by atoms with E-state index in [1.165, 1.54) is 16.3 Å². The summed E-state index contributed by atoms with van der Waals surface area (Å²) >= 11 is 0. The molecule has 0 aliphatic carbocycles. The van der Waals surface area contributed by atoms with Gasteiger partial charge in [-0.1, -0.05) is 31.0 Å². The minimum absolute atomic E-state index is 0.292. The lowest BCUT2D eigenvalue weighted by atomic mass is 10.1. The smallest absolute Gasteiger partial charge is 0.186 e. The highest BCUT2D eigenvalue weighted by Crippen LogP contribution is 2.13. The Morgan fingerprint density at radius 1 is 1.28 bits per heavy atom. The quantitative estimate of drug-likeness (QED) is 0.596. The van der Waals surface area contributed by atoms with Crippen LogP contribution < -0.4 is 5.19 Å². The molecular formula is C16H22OSi. The number of hydrogen-bond donors (Lipinski definition) is 0. The summed E-state index contributed by atoms with van der Waals surface area (Å²) in [7, 11) is 0.540. The highest BCUT2D eigenvalue weighted by Gasteiger charge is 2.17. The van der Waals surface area contributed by atoms with Gasteiger partial charge in [0.2, 0.25) is 0 Å². The minimum atomic E-state index is -0.292. The molecule has 0 aliphatic rings. The van der Waals surface area contributed by atoms with Crippen molar-refractivity contribution in [1.82, 2.24) is 0 Å². The second-order valence-electron chi connectivity index (χ2n) is 4.64. The first-order chi connectivity index (χ1) is 8.52. The molecule has 2 heteroatoms. The minimum Gasteiger partial charge on any atom is -0.363 e. The Morgan fingerprint density at radius 3 is 2.61 bits per heavy atom. The highest BCUT2D eigenvalue weighted by molar-refractivity contribution is 6.62. The Balaban J connectivity index is 2.79. The van der Waals surface area contributed by atoms with Gasteiger partial charge in [-0.25, -0.2) is 0 Å². The molecule has 1 unspecified atom stereocenters. The Kier molecular flexibility index (Phi) is 5.65. The average Bonchev–Trinajstić information content (AvgIpc) is 2.35. The van der Waals surface area contributed by atoms with Crippen molar-refractivity contribution >= 4 is 14.7 Å². The van der Waals surface area contributed by atoms with Crippen molar-refractivity contribution in [3.63, 3.8) is 0 Å². The molecule has 96 valence electrons. The molecule has 1 rings (SSSR count). The molecule has 0 amide bonds. The Morgan fingerprint density at radius 2 is 2.00 bits per heavy atom. The third kappa shape index (κ3) is 4.01. The van der Waals surface area contributed by atoms with Gasteiger partial charge in [-0.3, -0.25) is 0 Å². The number of ether oxygens (including phenoxy) is 1. The van der Waals surface area contributed by atoms with Crippen LogP contribution in [0.4, 0.5) is 0 Å². The Bertz CT molecular complexity index is 456. The third-order valence-electron chi connectivity index (χ3n) is 3.27. The van der Waals surface area contributed by atoms with E-state index in [1.807, 2.05) is 6.92 Å². The van der Waals surface area contributed by atoms with Crippen molar-refractivity contribution in [2.75, 3.05) is 6.61 Å². The monoisotopic (exact) mass is 258 g/mol. The van der Waals surface area contributed by atoms with Crippen molar-refractivity contribution < 1.29 is 4.74 Å². The van der Waals surface area contributed by atoms with Crippen LogP contribution in [0.3, 0.4) is 0 Å². The molecule has 0 N–H and O–H groups in total. The Hall–Kier alpha value is -1.04. The van der Waals surface area contributed by atoms with Crippen molar-refractivity contribution in [3.8, 4) is 11.5 Å². The fraction of sp³-hybridized carbons (Fsp3) is 0.500. The molecule has 0 fully saturated rings. The molecular weight excluding hydrogens is 236 g/mol. The molecule has 0 saturated heterocycles. The van der Waals surface area contributed by atoms with Gasteiger partial charge in [0, 0.05) is 6.61 Å². The second kappa shape index (κ2) is 6.77. The fourth-order valence-electron chi connectivity index (χ4n) is 1.66. The first-order valence-corrected chi connectivity index (χ1v) is 7.50. The summed E-state index contributed by atoms with van der Waals surface area (Å²) < 4.78 is 5.70. The van der Waals surface area contributed by atoms with Gasteiger partial charge >= 0.3 is 0 Å². The summed E-state index contributed by atoms with van der Waals surface area (Å²) in [5, 5.41) is 1.34. The number of benzene rings is 1. The summed E-state index contributed by atoms with van der Waals surface area (Å²) in [4.78, 5) is 0. The van der Waals surface area contributed by atoms with E-state index in [9.17, 15) is 0 Å². The lowest BCUT2D eigenvalue weighted by Gasteiger charge is -2.21. The van der Waals surface area contributed by atoms with Gasteiger partial charge in [0.15, 0.2) is 9.52 Å². The van der Waals surface area contributed by atoms with Crippen LogP contribution in [0, 0.1) is 25.3 Å². The normalized spacial score (nSPS) is 13.6. The van der Waals surface area contributed by atoms with Gasteiger partial charge in [0.05, 0.1) is 0 Å². The van der Waals surface area contributed by atoms with Crippen LogP contribution >= 0.6 is 0 Å². The lowest BCUT2D eigenvalue weighted by molar-refractivity contribution is 0.0189. The van der Waals surface area contributed by atoms with E-state index in [1.54, 1.807) is 0 Å². The fourth-order valence-corrected chi connectivity index (χ4v) is 2.69. The maximum atomic E-state index is 5.70. The van der Waals surface area contributed by atoms with Gasteiger partial charge in [-0.2, -0.15) is 0 Å². The maximum absolute atomic E-state index is 5.70. The molecule has 1 aromatic carbocycles. The number of rotatable bonds is 4. The van der Waals surface area contributed by atoms with Crippen LogP contribution in [0.15, 0.2) is 18.2 Å². The summed E-state index contributed by atoms with van der Waals surface area (Å²) in [6, 6.07) is 6.42. The van der Waals surface area contributed by atoms with E-state index in [0.29, 0.717) is 16.1 Å².